The van der Waals surface area contributed by atoms with Crippen molar-refractivity contribution in [3.8, 4) is 17.1 Å². The third-order valence-electron chi connectivity index (χ3n) is 5.13. The number of nitrogens with zero attached hydrogens (tertiary/aromatic N) is 4. The molecule has 0 unspecified atom stereocenters. The topological polar surface area (TPSA) is 90.0 Å². The van der Waals surface area contributed by atoms with Gasteiger partial charge in [-0.05, 0) is 55.5 Å². The number of hydrogen-bond acceptors (Lipinski definition) is 4. The van der Waals surface area contributed by atoms with Crippen molar-refractivity contribution in [1.82, 2.24) is 19.6 Å². The first-order valence-electron chi connectivity index (χ1n) is 9.77. The van der Waals surface area contributed by atoms with E-state index in [1.54, 1.807) is 16.9 Å². The van der Waals surface area contributed by atoms with E-state index in [9.17, 15) is 14.7 Å². The number of rotatable bonds is 5. The average molecular weight is 390 g/mol. The third-order valence-corrected chi connectivity index (χ3v) is 5.13. The van der Waals surface area contributed by atoms with Gasteiger partial charge in [0.1, 0.15) is 5.69 Å². The maximum atomic E-state index is 12.6. The number of aromatic nitrogens is 4. The van der Waals surface area contributed by atoms with Crippen LogP contribution in [0.5, 0.6) is 0 Å². The van der Waals surface area contributed by atoms with Gasteiger partial charge in [-0.2, -0.15) is 10.2 Å². The highest BCUT2D eigenvalue weighted by Crippen LogP contribution is 2.29. The van der Waals surface area contributed by atoms with E-state index in [2.05, 4.69) is 10.2 Å². The quantitative estimate of drug-likeness (QED) is 0.717. The van der Waals surface area contributed by atoms with Gasteiger partial charge < -0.3 is 5.11 Å². The lowest BCUT2D eigenvalue weighted by atomic mass is 10.1. The number of carbonyl (C=O) groups is 1. The Hall–Kier alpha value is -3.48. The van der Waals surface area contributed by atoms with Crippen molar-refractivity contribution < 1.29 is 9.90 Å². The number of allylic oxidation sites excluding steroid dienone is 1. The minimum atomic E-state index is -0.884. The maximum absolute atomic E-state index is 12.6. The minimum Gasteiger partial charge on any atom is -0.481 e. The summed E-state index contributed by atoms with van der Waals surface area (Å²) in [6, 6.07) is 14.7. The Morgan fingerprint density at radius 2 is 1.76 bits per heavy atom. The Morgan fingerprint density at radius 1 is 0.966 bits per heavy atom. The van der Waals surface area contributed by atoms with Crippen LogP contribution in [0, 0.1) is 0 Å². The molecule has 1 aromatic carbocycles. The lowest BCUT2D eigenvalue weighted by Gasteiger charge is -2.14. The van der Waals surface area contributed by atoms with Gasteiger partial charge >= 0.3 is 5.97 Å². The molecule has 0 radical (unpaired) electrons. The van der Waals surface area contributed by atoms with Crippen LogP contribution < -0.4 is 5.56 Å². The summed E-state index contributed by atoms with van der Waals surface area (Å²) in [4.78, 5) is 24.0. The van der Waals surface area contributed by atoms with Crippen molar-refractivity contribution in [3.63, 3.8) is 0 Å². The van der Waals surface area contributed by atoms with Crippen molar-refractivity contribution >= 4 is 11.7 Å². The van der Waals surface area contributed by atoms with Crippen LogP contribution in [-0.2, 0) is 4.79 Å². The Morgan fingerprint density at radius 3 is 2.55 bits per heavy atom. The molecule has 148 valence electrons. The van der Waals surface area contributed by atoms with Crippen LogP contribution in [0.1, 0.15) is 38.5 Å². The molecule has 0 spiro atoms. The predicted octanol–water partition coefficient (Wildman–Crippen LogP) is 3.75. The van der Waals surface area contributed by atoms with Crippen molar-refractivity contribution in [3.05, 3.63) is 70.7 Å². The molecule has 1 aliphatic carbocycles. The van der Waals surface area contributed by atoms with Crippen LogP contribution >= 0.6 is 0 Å². The summed E-state index contributed by atoms with van der Waals surface area (Å²) in [5, 5.41) is 18.3. The van der Waals surface area contributed by atoms with E-state index >= 15 is 0 Å². The number of benzene rings is 1. The lowest BCUT2D eigenvalue weighted by molar-refractivity contribution is -0.136. The number of para-hydroxylation sites is 1. The summed E-state index contributed by atoms with van der Waals surface area (Å²) in [5.74, 6) is -0.884. The van der Waals surface area contributed by atoms with E-state index in [-0.39, 0.29) is 12.0 Å². The molecule has 0 aliphatic heterocycles. The lowest BCUT2D eigenvalue weighted by Crippen LogP contribution is -2.23. The van der Waals surface area contributed by atoms with Gasteiger partial charge in [-0.15, -0.1) is 0 Å². The van der Waals surface area contributed by atoms with E-state index in [0.29, 0.717) is 18.5 Å². The Labute approximate surface area is 167 Å². The van der Waals surface area contributed by atoms with Gasteiger partial charge in [0.05, 0.1) is 24.0 Å². The second-order valence-corrected chi connectivity index (χ2v) is 7.11. The fraction of sp³-hybridized carbons (Fsp3) is 0.273. The van der Waals surface area contributed by atoms with E-state index in [4.69, 9.17) is 0 Å². The monoisotopic (exact) mass is 390 g/mol. The molecule has 7 heteroatoms. The van der Waals surface area contributed by atoms with Crippen LogP contribution in [0.4, 0.5) is 0 Å². The molecule has 4 rings (SSSR count). The maximum Gasteiger partial charge on any atom is 0.307 e. The molecule has 0 saturated heterocycles. The summed E-state index contributed by atoms with van der Waals surface area (Å²) in [6.45, 7) is 0. The smallest absolute Gasteiger partial charge is 0.307 e. The highest BCUT2D eigenvalue weighted by atomic mass is 16.4. The van der Waals surface area contributed by atoms with E-state index in [1.165, 1.54) is 10.7 Å². The summed E-state index contributed by atoms with van der Waals surface area (Å²) in [6.07, 6.45) is 5.83. The average Bonchev–Trinajstić information content (AvgIpc) is 3.10. The molecule has 0 atom stereocenters. The Kier molecular flexibility index (Phi) is 5.37. The first kappa shape index (κ1) is 18.9. The molecule has 7 nitrogen and oxygen atoms in total. The van der Waals surface area contributed by atoms with Crippen molar-refractivity contribution in [2.75, 3.05) is 0 Å². The second kappa shape index (κ2) is 8.26. The van der Waals surface area contributed by atoms with E-state index in [1.807, 2.05) is 36.4 Å². The molecular formula is C22H22N4O3. The van der Waals surface area contributed by atoms with Gasteiger partial charge in [-0.3, -0.25) is 9.59 Å². The van der Waals surface area contributed by atoms with Crippen molar-refractivity contribution in [2.24, 2.45) is 0 Å². The Bertz CT molecular complexity index is 1110. The Balaban J connectivity index is 1.82. The molecule has 0 bridgehead atoms. The zero-order chi connectivity index (χ0) is 20.2. The molecule has 0 saturated carbocycles. The van der Waals surface area contributed by atoms with Gasteiger partial charge in [0.2, 0.25) is 0 Å². The molecular weight excluding hydrogens is 368 g/mol. The number of hydrogen-bond donors (Lipinski definition) is 1. The summed E-state index contributed by atoms with van der Waals surface area (Å²) in [7, 11) is 0. The van der Waals surface area contributed by atoms with Crippen molar-refractivity contribution in [1.29, 1.82) is 0 Å². The summed E-state index contributed by atoms with van der Waals surface area (Å²) in [5.41, 5.74) is 3.53. The fourth-order valence-corrected chi connectivity index (χ4v) is 3.77. The predicted molar refractivity (Wildman–Crippen MR) is 110 cm³/mol. The zero-order valence-corrected chi connectivity index (χ0v) is 16.0. The van der Waals surface area contributed by atoms with Crippen LogP contribution in [0.2, 0.25) is 0 Å². The molecule has 2 heterocycles. The third kappa shape index (κ3) is 4.03. The van der Waals surface area contributed by atoms with E-state index in [0.717, 1.165) is 41.9 Å². The number of carboxylic acid groups (broad SMARTS) is 1. The van der Waals surface area contributed by atoms with Crippen LogP contribution in [0.15, 0.2) is 65.1 Å². The molecule has 0 fully saturated rings. The fourth-order valence-electron chi connectivity index (χ4n) is 3.77. The second-order valence-electron chi connectivity index (χ2n) is 7.11. The molecule has 0 amide bonds. The molecule has 3 aromatic rings. The van der Waals surface area contributed by atoms with Gasteiger partial charge in [0, 0.05) is 11.8 Å². The van der Waals surface area contributed by atoms with Crippen LogP contribution in [0.25, 0.3) is 22.8 Å². The number of aliphatic carboxylic acids is 1. The highest BCUT2D eigenvalue weighted by Gasteiger charge is 2.19. The van der Waals surface area contributed by atoms with Crippen LogP contribution in [0.3, 0.4) is 0 Å². The normalized spacial score (nSPS) is 14.6. The summed E-state index contributed by atoms with van der Waals surface area (Å²) < 4.78 is 3.16. The minimum absolute atomic E-state index is 0.0599. The zero-order valence-electron chi connectivity index (χ0n) is 16.0. The largest absolute Gasteiger partial charge is 0.481 e. The van der Waals surface area contributed by atoms with Crippen LogP contribution in [-0.4, -0.2) is 30.6 Å². The molecule has 1 N–H and O–H groups in total. The summed E-state index contributed by atoms with van der Waals surface area (Å²) >= 11 is 0. The first-order chi connectivity index (χ1) is 14.1. The van der Waals surface area contributed by atoms with Crippen molar-refractivity contribution in [2.45, 2.75) is 38.5 Å². The molecule has 29 heavy (non-hydrogen) atoms. The van der Waals surface area contributed by atoms with Gasteiger partial charge in [0.15, 0.2) is 0 Å². The van der Waals surface area contributed by atoms with Gasteiger partial charge in [-0.25, -0.2) is 9.36 Å². The van der Waals surface area contributed by atoms with Gasteiger partial charge in [-0.1, -0.05) is 24.6 Å². The molecule has 1 aliphatic rings. The van der Waals surface area contributed by atoms with E-state index < -0.39 is 5.97 Å². The standard InChI is InChI=1S/C22H22N4O3/c27-21-12-11-18(20-13-14-23-25(20)17-8-4-2-5-9-17)24-26(21)19-10-6-1-3-7-16(19)15-22(28)29/h2,4-5,8-9,11-14H,1,3,6-7,10,15H2,(H,28,29). The number of carboxylic acids is 1. The highest BCUT2D eigenvalue weighted by molar-refractivity contribution is 5.73. The SMILES string of the molecule is O=C(O)CC1=C(n2nc(-c3ccnn3-c3ccccc3)ccc2=O)CCCCC1. The first-order valence-corrected chi connectivity index (χ1v) is 9.77. The molecule has 2 aromatic heterocycles. The van der Waals surface area contributed by atoms with Gasteiger partial charge in [0.25, 0.3) is 5.56 Å².